The molecular weight excluding hydrogens is 300 g/mol. The van der Waals surface area contributed by atoms with Gasteiger partial charge in [0.1, 0.15) is 0 Å². The molecule has 0 spiro atoms. The van der Waals surface area contributed by atoms with E-state index in [2.05, 4.69) is 46.3 Å². The lowest BCUT2D eigenvalue weighted by atomic mass is 9.88. The number of alkyl halides is 1. The Hall–Kier alpha value is -0.340. The molecule has 0 radical (unpaired) electrons. The van der Waals surface area contributed by atoms with Gasteiger partial charge in [-0.15, -0.1) is 0 Å². The second kappa shape index (κ2) is 8.76. The number of hydrogen-bond acceptors (Lipinski definition) is 1. The van der Waals surface area contributed by atoms with E-state index >= 15 is 0 Å². The molecule has 0 amide bonds. The summed E-state index contributed by atoms with van der Waals surface area (Å²) in [5, 5.41) is 1.08. The zero-order valence-electron chi connectivity index (χ0n) is 11.7. The highest BCUT2D eigenvalue weighted by Gasteiger charge is 2.21. The molecule has 1 aromatic rings. The van der Waals surface area contributed by atoms with E-state index < -0.39 is 0 Å². The number of rotatable bonds is 6. The van der Waals surface area contributed by atoms with E-state index in [1.165, 1.54) is 44.1 Å². The Labute approximate surface area is 125 Å². The Kier molecular flexibility index (Phi) is 6.94. The molecule has 0 aliphatic heterocycles. The van der Waals surface area contributed by atoms with Crippen LogP contribution in [-0.2, 0) is 11.3 Å². The highest BCUT2D eigenvalue weighted by molar-refractivity contribution is 9.09. The maximum atomic E-state index is 5.94. The van der Waals surface area contributed by atoms with Crippen molar-refractivity contribution in [1.82, 2.24) is 0 Å². The van der Waals surface area contributed by atoms with Crippen LogP contribution in [-0.4, -0.2) is 11.9 Å². The summed E-state index contributed by atoms with van der Waals surface area (Å²) >= 11 is 3.68. The predicted octanol–water partition coefficient (Wildman–Crippen LogP) is 5.18. The van der Waals surface area contributed by atoms with Crippen molar-refractivity contribution < 1.29 is 4.74 Å². The third-order valence-corrected chi connectivity index (χ3v) is 5.04. The van der Waals surface area contributed by atoms with Gasteiger partial charge in [-0.3, -0.25) is 0 Å². The first-order valence-electron chi connectivity index (χ1n) is 7.58. The zero-order valence-corrected chi connectivity index (χ0v) is 13.3. The molecule has 1 saturated carbocycles. The van der Waals surface area contributed by atoms with E-state index in [9.17, 15) is 0 Å². The molecule has 1 unspecified atom stereocenters. The molecule has 0 heterocycles. The van der Waals surface area contributed by atoms with E-state index in [1.54, 1.807) is 0 Å². The standard InChI is InChI=1S/C17H25BrO/c18-12-17(16-10-6-1-2-7-11-16)14-19-13-15-8-4-3-5-9-15/h3-5,8-9,16-17H,1-2,6-7,10-14H2. The van der Waals surface area contributed by atoms with Crippen LogP contribution < -0.4 is 0 Å². The lowest BCUT2D eigenvalue weighted by Gasteiger charge is -2.24. The Balaban J connectivity index is 1.75. The Bertz CT molecular complexity index is 330. The van der Waals surface area contributed by atoms with Crippen LogP contribution in [0, 0.1) is 11.8 Å². The van der Waals surface area contributed by atoms with E-state index in [0.29, 0.717) is 5.92 Å². The molecule has 19 heavy (non-hydrogen) atoms. The van der Waals surface area contributed by atoms with Crippen LogP contribution in [0.25, 0.3) is 0 Å². The van der Waals surface area contributed by atoms with Gasteiger partial charge in [0.2, 0.25) is 0 Å². The molecule has 1 fully saturated rings. The highest BCUT2D eigenvalue weighted by atomic mass is 79.9. The van der Waals surface area contributed by atoms with Gasteiger partial charge in [0.25, 0.3) is 0 Å². The molecular formula is C17H25BrO. The maximum absolute atomic E-state index is 5.94. The zero-order chi connectivity index (χ0) is 13.3. The molecule has 0 saturated heterocycles. The van der Waals surface area contributed by atoms with Crippen LogP contribution in [0.15, 0.2) is 30.3 Å². The van der Waals surface area contributed by atoms with Crippen molar-refractivity contribution in [3.63, 3.8) is 0 Å². The first kappa shape index (κ1) is 15.1. The number of halogens is 1. The summed E-state index contributed by atoms with van der Waals surface area (Å²) in [5.41, 5.74) is 1.27. The topological polar surface area (TPSA) is 9.23 Å². The van der Waals surface area contributed by atoms with Gasteiger partial charge in [0.05, 0.1) is 13.2 Å². The van der Waals surface area contributed by atoms with Gasteiger partial charge in [-0.1, -0.05) is 84.8 Å². The van der Waals surface area contributed by atoms with Crippen molar-refractivity contribution in [1.29, 1.82) is 0 Å². The van der Waals surface area contributed by atoms with Crippen LogP contribution in [0.5, 0.6) is 0 Å². The minimum Gasteiger partial charge on any atom is -0.376 e. The minimum atomic E-state index is 0.682. The summed E-state index contributed by atoms with van der Waals surface area (Å²) < 4.78 is 5.94. The van der Waals surface area contributed by atoms with Gasteiger partial charge in [-0.25, -0.2) is 0 Å². The Morgan fingerprint density at radius 2 is 1.74 bits per heavy atom. The largest absolute Gasteiger partial charge is 0.376 e. The molecule has 2 heteroatoms. The van der Waals surface area contributed by atoms with Gasteiger partial charge in [-0.2, -0.15) is 0 Å². The van der Waals surface area contributed by atoms with Crippen LogP contribution in [0.1, 0.15) is 44.1 Å². The molecule has 0 aromatic heterocycles. The summed E-state index contributed by atoms with van der Waals surface area (Å²) in [5.74, 6) is 1.54. The summed E-state index contributed by atoms with van der Waals surface area (Å²) in [4.78, 5) is 0. The monoisotopic (exact) mass is 324 g/mol. The number of ether oxygens (including phenoxy) is 1. The minimum absolute atomic E-state index is 0.682. The number of hydrogen-bond donors (Lipinski definition) is 0. The van der Waals surface area contributed by atoms with Gasteiger partial charge in [0, 0.05) is 5.33 Å². The molecule has 1 aromatic carbocycles. The molecule has 106 valence electrons. The summed E-state index contributed by atoms with van der Waals surface area (Å²) in [7, 11) is 0. The molecule has 2 rings (SSSR count). The van der Waals surface area contributed by atoms with Crippen molar-refractivity contribution in [3.05, 3.63) is 35.9 Å². The van der Waals surface area contributed by atoms with Crippen molar-refractivity contribution >= 4 is 15.9 Å². The summed E-state index contributed by atoms with van der Waals surface area (Å²) in [6, 6.07) is 10.5. The van der Waals surface area contributed by atoms with E-state index in [-0.39, 0.29) is 0 Å². The SMILES string of the molecule is BrCC(COCc1ccccc1)C1CCCCCC1. The lowest BCUT2D eigenvalue weighted by Crippen LogP contribution is -2.21. The average Bonchev–Trinajstić information content (AvgIpc) is 2.74. The first-order valence-corrected chi connectivity index (χ1v) is 8.70. The van der Waals surface area contributed by atoms with Crippen LogP contribution >= 0.6 is 15.9 Å². The summed E-state index contributed by atoms with van der Waals surface area (Å²) in [6.07, 6.45) is 8.46. The van der Waals surface area contributed by atoms with Crippen LogP contribution in [0.3, 0.4) is 0 Å². The number of benzene rings is 1. The quantitative estimate of drug-likeness (QED) is 0.517. The van der Waals surface area contributed by atoms with Crippen molar-refractivity contribution in [2.75, 3.05) is 11.9 Å². The fraction of sp³-hybridized carbons (Fsp3) is 0.647. The fourth-order valence-corrected chi connectivity index (χ4v) is 3.71. The van der Waals surface area contributed by atoms with Gasteiger partial charge in [0.15, 0.2) is 0 Å². The lowest BCUT2D eigenvalue weighted by molar-refractivity contribution is 0.0712. The normalized spacial score (nSPS) is 19.0. The molecule has 1 aliphatic rings. The predicted molar refractivity (Wildman–Crippen MR) is 84.6 cm³/mol. The van der Waals surface area contributed by atoms with Gasteiger partial charge >= 0.3 is 0 Å². The highest BCUT2D eigenvalue weighted by Crippen LogP contribution is 2.30. The molecule has 1 atom stereocenters. The van der Waals surface area contributed by atoms with Crippen molar-refractivity contribution in [2.45, 2.75) is 45.1 Å². The third-order valence-electron chi connectivity index (χ3n) is 4.21. The Morgan fingerprint density at radius 3 is 2.37 bits per heavy atom. The third kappa shape index (κ3) is 5.27. The molecule has 1 nitrogen and oxygen atoms in total. The second-order valence-corrected chi connectivity index (χ2v) is 6.31. The maximum Gasteiger partial charge on any atom is 0.0717 e. The van der Waals surface area contributed by atoms with E-state index in [0.717, 1.165) is 24.5 Å². The van der Waals surface area contributed by atoms with Crippen molar-refractivity contribution in [3.8, 4) is 0 Å². The fourth-order valence-electron chi connectivity index (χ4n) is 2.99. The molecule has 0 bridgehead atoms. The second-order valence-electron chi connectivity index (χ2n) is 5.67. The first-order chi connectivity index (χ1) is 9.40. The van der Waals surface area contributed by atoms with Gasteiger partial charge < -0.3 is 4.74 Å². The summed E-state index contributed by atoms with van der Waals surface area (Å²) in [6.45, 7) is 1.64. The van der Waals surface area contributed by atoms with E-state index in [1.807, 2.05) is 0 Å². The average molecular weight is 325 g/mol. The molecule has 1 aliphatic carbocycles. The smallest absolute Gasteiger partial charge is 0.0717 e. The van der Waals surface area contributed by atoms with Gasteiger partial charge in [-0.05, 0) is 17.4 Å². The molecule has 0 N–H and O–H groups in total. The van der Waals surface area contributed by atoms with Crippen LogP contribution in [0.2, 0.25) is 0 Å². The van der Waals surface area contributed by atoms with Crippen LogP contribution in [0.4, 0.5) is 0 Å². The van der Waals surface area contributed by atoms with E-state index in [4.69, 9.17) is 4.74 Å². The van der Waals surface area contributed by atoms with Crippen molar-refractivity contribution in [2.24, 2.45) is 11.8 Å². The Morgan fingerprint density at radius 1 is 1.05 bits per heavy atom.